The van der Waals surface area contributed by atoms with Gasteiger partial charge in [0.15, 0.2) is 0 Å². The Balaban J connectivity index is 2.08. The molecule has 0 aliphatic carbocycles. The van der Waals surface area contributed by atoms with Crippen LogP contribution in [0.5, 0.6) is 0 Å². The molecular formula is C15H19BrFNO2. The Morgan fingerprint density at radius 2 is 2.30 bits per heavy atom. The van der Waals surface area contributed by atoms with Crippen molar-refractivity contribution in [2.75, 3.05) is 13.2 Å². The fraction of sp³-hybridized carbons (Fsp3) is 0.533. The van der Waals surface area contributed by atoms with E-state index in [1.54, 1.807) is 12.1 Å². The van der Waals surface area contributed by atoms with Crippen molar-refractivity contribution in [3.63, 3.8) is 0 Å². The summed E-state index contributed by atoms with van der Waals surface area (Å²) >= 11 is 3.19. The summed E-state index contributed by atoms with van der Waals surface area (Å²) < 4.78 is 18.8. The smallest absolute Gasteiger partial charge is 0.323 e. The summed E-state index contributed by atoms with van der Waals surface area (Å²) in [5, 5.41) is 0. The molecule has 1 fully saturated rings. The number of piperidine rings is 1. The van der Waals surface area contributed by atoms with Crippen molar-refractivity contribution in [1.82, 2.24) is 4.90 Å². The topological polar surface area (TPSA) is 29.5 Å². The lowest BCUT2D eigenvalue weighted by Gasteiger charge is -2.34. The van der Waals surface area contributed by atoms with Crippen molar-refractivity contribution in [2.45, 2.75) is 38.8 Å². The zero-order chi connectivity index (χ0) is 14.5. The van der Waals surface area contributed by atoms with Gasteiger partial charge in [-0.3, -0.25) is 9.69 Å². The SMILES string of the molecule is CCOC(=O)[C@H]1CCCCN1Cc1ccc(F)c(Br)c1. The van der Waals surface area contributed by atoms with E-state index in [0.717, 1.165) is 31.4 Å². The number of carbonyl (C=O) groups is 1. The molecule has 5 heteroatoms. The number of rotatable bonds is 4. The van der Waals surface area contributed by atoms with E-state index < -0.39 is 0 Å². The Morgan fingerprint density at radius 3 is 3.00 bits per heavy atom. The predicted octanol–water partition coefficient (Wildman–Crippen LogP) is 3.51. The van der Waals surface area contributed by atoms with Gasteiger partial charge in [-0.25, -0.2) is 4.39 Å². The number of nitrogens with zero attached hydrogens (tertiary/aromatic N) is 1. The van der Waals surface area contributed by atoms with E-state index in [-0.39, 0.29) is 17.8 Å². The molecule has 1 saturated heterocycles. The van der Waals surface area contributed by atoms with E-state index in [9.17, 15) is 9.18 Å². The highest BCUT2D eigenvalue weighted by molar-refractivity contribution is 9.10. The molecule has 1 aromatic carbocycles. The van der Waals surface area contributed by atoms with Crippen molar-refractivity contribution >= 4 is 21.9 Å². The van der Waals surface area contributed by atoms with E-state index >= 15 is 0 Å². The lowest BCUT2D eigenvalue weighted by Crippen LogP contribution is -2.44. The standard InChI is InChI=1S/C15H19BrFNO2/c1-2-20-15(19)14-5-3-4-8-18(14)10-11-6-7-13(17)12(16)9-11/h6-7,9,14H,2-5,8,10H2,1H3/t14-/m1/s1. The van der Waals surface area contributed by atoms with E-state index in [1.165, 1.54) is 6.07 Å². The van der Waals surface area contributed by atoms with Gasteiger partial charge in [0.05, 0.1) is 11.1 Å². The molecule has 1 aliphatic heterocycles. The predicted molar refractivity (Wildman–Crippen MR) is 78.8 cm³/mol. The normalized spacial score (nSPS) is 19.9. The molecule has 110 valence electrons. The zero-order valence-corrected chi connectivity index (χ0v) is 13.2. The molecule has 0 spiro atoms. The van der Waals surface area contributed by atoms with Crippen molar-refractivity contribution in [1.29, 1.82) is 0 Å². The molecule has 0 saturated carbocycles. The fourth-order valence-corrected chi connectivity index (χ4v) is 2.98. The van der Waals surface area contributed by atoms with Gasteiger partial charge in [-0.05, 0) is 59.9 Å². The number of likely N-dealkylation sites (tertiary alicyclic amines) is 1. The molecule has 1 aliphatic rings. The number of hydrogen-bond donors (Lipinski definition) is 0. The van der Waals surface area contributed by atoms with Crippen molar-refractivity contribution in [2.24, 2.45) is 0 Å². The molecular weight excluding hydrogens is 325 g/mol. The van der Waals surface area contributed by atoms with Crippen molar-refractivity contribution < 1.29 is 13.9 Å². The number of hydrogen-bond acceptors (Lipinski definition) is 3. The number of carbonyl (C=O) groups excluding carboxylic acids is 1. The second kappa shape index (κ2) is 7.18. The van der Waals surface area contributed by atoms with Crippen LogP contribution in [0.3, 0.4) is 0 Å². The maximum atomic E-state index is 13.2. The highest BCUT2D eigenvalue weighted by atomic mass is 79.9. The summed E-state index contributed by atoms with van der Waals surface area (Å²) in [4.78, 5) is 14.1. The summed E-state index contributed by atoms with van der Waals surface area (Å²) in [5.41, 5.74) is 0.995. The monoisotopic (exact) mass is 343 g/mol. The highest BCUT2D eigenvalue weighted by Gasteiger charge is 2.29. The third-order valence-corrected chi connectivity index (χ3v) is 4.15. The Hall–Kier alpha value is -0.940. The first-order valence-corrected chi connectivity index (χ1v) is 7.75. The fourth-order valence-electron chi connectivity index (χ4n) is 2.56. The van der Waals surface area contributed by atoms with E-state index in [1.807, 2.05) is 6.92 Å². The molecule has 1 heterocycles. The molecule has 20 heavy (non-hydrogen) atoms. The molecule has 2 rings (SSSR count). The van der Waals surface area contributed by atoms with Crippen LogP contribution in [0.1, 0.15) is 31.7 Å². The van der Waals surface area contributed by atoms with Gasteiger partial charge in [-0.1, -0.05) is 12.5 Å². The average Bonchev–Trinajstić information content (AvgIpc) is 2.44. The second-order valence-corrected chi connectivity index (χ2v) is 5.84. The minimum Gasteiger partial charge on any atom is -0.465 e. The van der Waals surface area contributed by atoms with Crippen LogP contribution in [0.25, 0.3) is 0 Å². The van der Waals surface area contributed by atoms with Gasteiger partial charge >= 0.3 is 5.97 Å². The molecule has 0 bridgehead atoms. The molecule has 0 aromatic heterocycles. The van der Waals surface area contributed by atoms with Crippen LogP contribution in [-0.2, 0) is 16.1 Å². The Bertz CT molecular complexity index is 481. The van der Waals surface area contributed by atoms with Gasteiger partial charge in [0.2, 0.25) is 0 Å². The van der Waals surface area contributed by atoms with Crippen LogP contribution in [0.15, 0.2) is 22.7 Å². The summed E-state index contributed by atoms with van der Waals surface area (Å²) in [5.74, 6) is -0.414. The van der Waals surface area contributed by atoms with Crippen molar-refractivity contribution in [3.8, 4) is 0 Å². The molecule has 0 amide bonds. The van der Waals surface area contributed by atoms with Crippen LogP contribution in [0.2, 0.25) is 0 Å². The Kier molecular flexibility index (Phi) is 5.54. The highest BCUT2D eigenvalue weighted by Crippen LogP contribution is 2.23. The maximum absolute atomic E-state index is 13.2. The molecule has 1 aromatic rings. The first-order chi connectivity index (χ1) is 9.61. The van der Waals surface area contributed by atoms with Crippen LogP contribution >= 0.6 is 15.9 Å². The van der Waals surface area contributed by atoms with Crippen LogP contribution in [-0.4, -0.2) is 30.1 Å². The van der Waals surface area contributed by atoms with Crippen LogP contribution < -0.4 is 0 Å². The third-order valence-electron chi connectivity index (χ3n) is 3.54. The first-order valence-electron chi connectivity index (χ1n) is 6.96. The van der Waals surface area contributed by atoms with Crippen LogP contribution in [0.4, 0.5) is 4.39 Å². The first kappa shape index (κ1) is 15.4. The van der Waals surface area contributed by atoms with E-state index in [0.29, 0.717) is 17.6 Å². The number of halogens is 2. The Labute approximate surface area is 127 Å². The summed E-state index contributed by atoms with van der Waals surface area (Å²) in [6, 6.07) is 4.80. The van der Waals surface area contributed by atoms with E-state index in [2.05, 4.69) is 20.8 Å². The van der Waals surface area contributed by atoms with Crippen molar-refractivity contribution in [3.05, 3.63) is 34.1 Å². The number of esters is 1. The average molecular weight is 344 g/mol. The second-order valence-electron chi connectivity index (χ2n) is 4.98. The molecule has 1 atom stereocenters. The van der Waals surface area contributed by atoms with Gasteiger partial charge in [-0.2, -0.15) is 0 Å². The molecule has 0 N–H and O–H groups in total. The number of benzene rings is 1. The Morgan fingerprint density at radius 1 is 1.50 bits per heavy atom. The molecule has 3 nitrogen and oxygen atoms in total. The molecule has 0 unspecified atom stereocenters. The van der Waals surface area contributed by atoms with Gasteiger partial charge in [0.1, 0.15) is 11.9 Å². The lowest BCUT2D eigenvalue weighted by atomic mass is 10.0. The minimum atomic E-state index is -0.269. The van der Waals surface area contributed by atoms with Gasteiger partial charge in [0.25, 0.3) is 0 Å². The quantitative estimate of drug-likeness (QED) is 0.783. The third kappa shape index (κ3) is 3.79. The summed E-state index contributed by atoms with van der Waals surface area (Å²) in [6.07, 6.45) is 2.96. The van der Waals surface area contributed by atoms with Gasteiger partial charge < -0.3 is 4.74 Å². The zero-order valence-electron chi connectivity index (χ0n) is 11.6. The lowest BCUT2D eigenvalue weighted by molar-refractivity contribution is -0.151. The summed E-state index contributed by atoms with van der Waals surface area (Å²) in [7, 11) is 0. The van der Waals surface area contributed by atoms with Gasteiger partial charge in [0, 0.05) is 6.54 Å². The summed E-state index contributed by atoms with van der Waals surface area (Å²) in [6.45, 7) is 3.74. The largest absolute Gasteiger partial charge is 0.465 e. The van der Waals surface area contributed by atoms with Crippen LogP contribution in [0, 0.1) is 5.82 Å². The number of ether oxygens (including phenoxy) is 1. The molecule has 0 radical (unpaired) electrons. The minimum absolute atomic E-state index is 0.145. The van der Waals surface area contributed by atoms with Gasteiger partial charge in [-0.15, -0.1) is 0 Å². The van der Waals surface area contributed by atoms with E-state index in [4.69, 9.17) is 4.74 Å². The maximum Gasteiger partial charge on any atom is 0.323 e.